The number of ketones is 1. The van der Waals surface area contributed by atoms with E-state index in [-0.39, 0.29) is 12.4 Å². The van der Waals surface area contributed by atoms with Crippen LogP contribution >= 0.6 is 0 Å². The van der Waals surface area contributed by atoms with Crippen molar-refractivity contribution < 1.29 is 14.6 Å². The Kier molecular flexibility index (Phi) is 7.29. The maximum atomic E-state index is 11.7. The number of benzene rings is 2. The quantitative estimate of drug-likeness (QED) is 0.693. The topological polar surface area (TPSA) is 53.0 Å². The molecule has 2 aromatic rings. The Hall–Kier alpha value is -2.37. The monoisotopic (exact) mass is 396 g/mol. The summed E-state index contributed by atoms with van der Waals surface area (Å²) in [4.78, 5) is 16.4. The highest BCUT2D eigenvalue weighted by molar-refractivity contribution is 5.95. The van der Waals surface area contributed by atoms with Crippen LogP contribution in [0.4, 0.5) is 5.69 Å². The van der Waals surface area contributed by atoms with Crippen LogP contribution in [-0.4, -0.2) is 61.2 Å². The van der Waals surface area contributed by atoms with Crippen molar-refractivity contribution in [3.8, 4) is 5.75 Å². The van der Waals surface area contributed by atoms with E-state index < -0.39 is 6.10 Å². The predicted octanol–water partition coefficient (Wildman–Crippen LogP) is 3.46. The van der Waals surface area contributed by atoms with Crippen LogP contribution in [0.1, 0.15) is 34.8 Å². The number of carbonyl (C=O) groups is 1. The Bertz CT molecular complexity index is 811. The van der Waals surface area contributed by atoms with Gasteiger partial charge in [-0.1, -0.05) is 19.1 Å². The van der Waals surface area contributed by atoms with Gasteiger partial charge in [0.2, 0.25) is 0 Å². The zero-order valence-electron chi connectivity index (χ0n) is 17.7. The first-order valence-corrected chi connectivity index (χ1v) is 10.5. The number of aryl methyl sites for hydroxylation is 1. The molecule has 0 amide bonds. The molecule has 0 bridgehead atoms. The summed E-state index contributed by atoms with van der Waals surface area (Å²) in [5.74, 6) is 0.799. The predicted molar refractivity (Wildman–Crippen MR) is 117 cm³/mol. The van der Waals surface area contributed by atoms with Gasteiger partial charge >= 0.3 is 0 Å². The number of piperazine rings is 1. The number of aliphatic hydroxyl groups is 1. The van der Waals surface area contributed by atoms with Crippen LogP contribution in [0.15, 0.2) is 42.5 Å². The van der Waals surface area contributed by atoms with Crippen LogP contribution in [0, 0.1) is 13.8 Å². The van der Waals surface area contributed by atoms with Crippen molar-refractivity contribution in [2.24, 2.45) is 0 Å². The van der Waals surface area contributed by atoms with E-state index in [1.54, 1.807) is 24.3 Å². The molecule has 0 aliphatic carbocycles. The molecule has 0 unspecified atom stereocenters. The summed E-state index contributed by atoms with van der Waals surface area (Å²) in [6.07, 6.45) is -0.0467. The number of β-amino-alcohol motifs (C(OH)–C–C–N with tert-alkyl or cyclic N) is 1. The minimum atomic E-state index is -0.542. The van der Waals surface area contributed by atoms with Crippen molar-refractivity contribution in [2.75, 3.05) is 44.2 Å². The fraction of sp³-hybridized carbons (Fsp3) is 0.458. The first-order chi connectivity index (χ1) is 14.0. The van der Waals surface area contributed by atoms with Gasteiger partial charge in [-0.3, -0.25) is 9.69 Å². The van der Waals surface area contributed by atoms with Crippen molar-refractivity contribution in [3.05, 3.63) is 59.2 Å². The molecule has 5 heteroatoms. The van der Waals surface area contributed by atoms with Gasteiger partial charge in [0, 0.05) is 50.4 Å². The third-order valence-corrected chi connectivity index (χ3v) is 5.70. The lowest BCUT2D eigenvalue weighted by atomic mass is 10.1. The van der Waals surface area contributed by atoms with Gasteiger partial charge in [0.1, 0.15) is 18.5 Å². The van der Waals surface area contributed by atoms with Crippen molar-refractivity contribution in [2.45, 2.75) is 33.3 Å². The van der Waals surface area contributed by atoms with Gasteiger partial charge in [0.15, 0.2) is 5.78 Å². The minimum absolute atomic E-state index is 0.122. The Morgan fingerprint density at radius 3 is 2.41 bits per heavy atom. The summed E-state index contributed by atoms with van der Waals surface area (Å²) in [6.45, 7) is 10.8. The van der Waals surface area contributed by atoms with Crippen LogP contribution in [-0.2, 0) is 0 Å². The molecule has 1 aliphatic rings. The summed E-state index contributed by atoms with van der Waals surface area (Å²) in [5.41, 5.74) is 4.69. The van der Waals surface area contributed by atoms with Gasteiger partial charge in [-0.2, -0.15) is 0 Å². The molecule has 1 heterocycles. The number of hydrogen-bond acceptors (Lipinski definition) is 5. The second-order valence-electron chi connectivity index (χ2n) is 7.77. The molecule has 156 valence electrons. The first kappa shape index (κ1) is 21.3. The molecule has 5 nitrogen and oxygen atoms in total. The summed E-state index contributed by atoms with van der Waals surface area (Å²) in [7, 11) is 0. The largest absolute Gasteiger partial charge is 0.491 e. The Morgan fingerprint density at radius 2 is 1.76 bits per heavy atom. The molecule has 29 heavy (non-hydrogen) atoms. The maximum absolute atomic E-state index is 11.7. The molecule has 1 aliphatic heterocycles. The van der Waals surface area contributed by atoms with Gasteiger partial charge in [0.05, 0.1) is 0 Å². The molecule has 0 aromatic heterocycles. The third kappa shape index (κ3) is 5.58. The number of aliphatic hydroxyl groups excluding tert-OH is 1. The van der Waals surface area contributed by atoms with Crippen molar-refractivity contribution in [1.29, 1.82) is 0 Å². The number of ether oxygens (including phenoxy) is 1. The molecule has 2 aromatic carbocycles. The summed E-state index contributed by atoms with van der Waals surface area (Å²) in [5, 5.41) is 10.4. The summed E-state index contributed by atoms with van der Waals surface area (Å²) in [6, 6.07) is 13.6. The van der Waals surface area contributed by atoms with Crippen LogP contribution in [0.2, 0.25) is 0 Å². The fourth-order valence-electron chi connectivity index (χ4n) is 3.73. The standard InChI is InChI=1S/C24H32N2O3/c1-4-24(28)20-8-10-22(11-9-20)29-17-21(27)16-25-12-14-26(15-13-25)23-7-5-6-18(2)19(23)3/h5-11,21,27H,4,12-17H2,1-3H3/t21-/m1/s1. The van der Waals surface area contributed by atoms with Crippen molar-refractivity contribution in [3.63, 3.8) is 0 Å². The van der Waals surface area contributed by atoms with Gasteiger partial charge in [-0.05, 0) is 55.3 Å². The van der Waals surface area contributed by atoms with E-state index in [9.17, 15) is 9.90 Å². The average molecular weight is 397 g/mol. The molecule has 1 saturated heterocycles. The number of carbonyl (C=O) groups excluding carboxylic acids is 1. The molecule has 0 spiro atoms. The lowest BCUT2D eigenvalue weighted by Crippen LogP contribution is -2.49. The van der Waals surface area contributed by atoms with Crippen molar-refractivity contribution in [1.82, 2.24) is 4.90 Å². The highest BCUT2D eigenvalue weighted by atomic mass is 16.5. The van der Waals surface area contributed by atoms with Crippen LogP contribution in [0.3, 0.4) is 0 Å². The molecule has 1 atom stereocenters. The maximum Gasteiger partial charge on any atom is 0.162 e. The molecular weight excluding hydrogens is 364 g/mol. The summed E-state index contributed by atoms with van der Waals surface area (Å²) < 4.78 is 5.70. The molecule has 0 saturated carbocycles. The Morgan fingerprint density at radius 1 is 1.07 bits per heavy atom. The van der Waals surface area contributed by atoms with E-state index in [1.807, 2.05) is 6.92 Å². The van der Waals surface area contributed by atoms with Gasteiger partial charge in [0.25, 0.3) is 0 Å². The smallest absolute Gasteiger partial charge is 0.162 e. The number of anilines is 1. The van der Waals surface area contributed by atoms with Gasteiger partial charge in [-0.25, -0.2) is 0 Å². The number of nitrogens with zero attached hydrogens (tertiary/aromatic N) is 2. The second-order valence-corrected chi connectivity index (χ2v) is 7.77. The zero-order chi connectivity index (χ0) is 20.8. The Balaban J connectivity index is 1.43. The molecule has 1 N–H and O–H groups in total. The number of hydrogen-bond donors (Lipinski definition) is 1. The van der Waals surface area contributed by atoms with E-state index >= 15 is 0 Å². The molecule has 0 radical (unpaired) electrons. The zero-order valence-corrected chi connectivity index (χ0v) is 17.7. The van der Waals surface area contributed by atoms with Crippen LogP contribution < -0.4 is 9.64 Å². The normalized spacial score (nSPS) is 15.9. The fourth-order valence-corrected chi connectivity index (χ4v) is 3.73. The van der Waals surface area contributed by atoms with Crippen LogP contribution in [0.25, 0.3) is 0 Å². The SMILES string of the molecule is CCC(=O)c1ccc(OC[C@H](O)CN2CCN(c3cccc(C)c3C)CC2)cc1. The highest BCUT2D eigenvalue weighted by Gasteiger charge is 2.21. The van der Waals surface area contributed by atoms with E-state index in [2.05, 4.69) is 41.8 Å². The number of rotatable bonds is 8. The van der Waals surface area contributed by atoms with Crippen molar-refractivity contribution >= 4 is 11.5 Å². The summed E-state index contributed by atoms with van der Waals surface area (Å²) >= 11 is 0. The van der Waals surface area contributed by atoms with E-state index in [0.29, 0.717) is 24.3 Å². The highest BCUT2D eigenvalue weighted by Crippen LogP contribution is 2.24. The van der Waals surface area contributed by atoms with Gasteiger partial charge in [-0.15, -0.1) is 0 Å². The third-order valence-electron chi connectivity index (χ3n) is 5.70. The van der Waals surface area contributed by atoms with Gasteiger partial charge < -0.3 is 14.7 Å². The average Bonchev–Trinajstić information content (AvgIpc) is 2.75. The van der Waals surface area contributed by atoms with E-state index in [1.165, 1.54) is 16.8 Å². The van der Waals surface area contributed by atoms with E-state index in [0.717, 1.165) is 26.2 Å². The molecule has 1 fully saturated rings. The Labute approximate surface area is 173 Å². The lowest BCUT2D eigenvalue weighted by Gasteiger charge is -2.37. The number of Topliss-reactive ketones (excluding diaryl/α,β-unsaturated/α-hetero) is 1. The second kappa shape index (κ2) is 9.90. The van der Waals surface area contributed by atoms with E-state index in [4.69, 9.17) is 4.74 Å². The molecule has 3 rings (SSSR count). The van der Waals surface area contributed by atoms with Crippen LogP contribution in [0.5, 0.6) is 5.75 Å². The molecular formula is C24H32N2O3. The first-order valence-electron chi connectivity index (χ1n) is 10.5. The minimum Gasteiger partial charge on any atom is -0.491 e. The lowest BCUT2D eigenvalue weighted by molar-refractivity contribution is 0.0663.